The molecule has 0 bridgehead atoms. The second-order valence-corrected chi connectivity index (χ2v) is 2.83. The van der Waals surface area contributed by atoms with Crippen molar-refractivity contribution in [2.45, 2.75) is 13.1 Å². The van der Waals surface area contributed by atoms with Crippen LogP contribution in [-0.4, -0.2) is 28.4 Å². The van der Waals surface area contributed by atoms with E-state index in [2.05, 4.69) is 15.3 Å². The molecule has 0 saturated carbocycles. The molecule has 6 heteroatoms. The average Bonchev–Trinajstić information content (AvgIpc) is 2.59. The molecule has 1 aliphatic rings. The van der Waals surface area contributed by atoms with Crippen molar-refractivity contribution < 1.29 is 9.76 Å². The molecule has 0 spiro atoms. The van der Waals surface area contributed by atoms with E-state index in [9.17, 15) is 4.91 Å². The highest BCUT2D eigenvalue weighted by Crippen LogP contribution is 2.13. The molecular formula is C7H11N4O2+. The Kier molecular flexibility index (Phi) is 1.97. The van der Waals surface area contributed by atoms with Crippen LogP contribution in [0.15, 0.2) is 6.07 Å². The number of nitrogens with one attached hydrogen (secondary N) is 1. The molecule has 70 valence electrons. The van der Waals surface area contributed by atoms with Gasteiger partial charge in [0.05, 0.1) is 23.4 Å². The molecule has 6 nitrogen and oxygen atoms in total. The van der Waals surface area contributed by atoms with Crippen molar-refractivity contribution >= 4 is 5.82 Å². The highest BCUT2D eigenvalue weighted by molar-refractivity contribution is 5.21. The fourth-order valence-electron chi connectivity index (χ4n) is 1.36. The Morgan fingerprint density at radius 3 is 3.31 bits per heavy atom. The van der Waals surface area contributed by atoms with Crippen LogP contribution in [-0.2, 0) is 17.9 Å². The molecule has 0 aliphatic carbocycles. The van der Waals surface area contributed by atoms with Crippen molar-refractivity contribution in [3.63, 3.8) is 0 Å². The zero-order valence-electron chi connectivity index (χ0n) is 7.36. The van der Waals surface area contributed by atoms with Crippen molar-refractivity contribution in [3.05, 3.63) is 16.7 Å². The molecule has 2 heterocycles. The predicted octanol–water partition coefficient (Wildman–Crippen LogP) is -0.0419. The Hall–Kier alpha value is -1.43. The third kappa shape index (κ3) is 1.40. The third-order valence-corrected chi connectivity index (χ3v) is 2.01. The summed E-state index contributed by atoms with van der Waals surface area (Å²) in [6, 6.07) is 1.72. The van der Waals surface area contributed by atoms with E-state index >= 15 is 0 Å². The Balaban J connectivity index is 2.30. The molecule has 1 N–H and O–H groups in total. The quantitative estimate of drug-likeness (QED) is 0.653. The predicted molar refractivity (Wildman–Crippen MR) is 44.2 cm³/mol. The van der Waals surface area contributed by atoms with Crippen LogP contribution in [0, 0.1) is 4.91 Å². The largest absolute Gasteiger partial charge is 0.434 e. The van der Waals surface area contributed by atoms with Crippen LogP contribution in [0.3, 0.4) is 0 Å². The fourth-order valence-corrected chi connectivity index (χ4v) is 1.36. The van der Waals surface area contributed by atoms with Crippen molar-refractivity contribution in [2.75, 3.05) is 13.7 Å². The minimum atomic E-state index is 0.307. The smallest absolute Gasteiger partial charge is 0.309 e. The molecule has 0 saturated heterocycles. The van der Waals surface area contributed by atoms with Crippen LogP contribution in [0.5, 0.6) is 0 Å². The normalized spacial score (nSPS) is 15.2. The van der Waals surface area contributed by atoms with Gasteiger partial charge >= 0.3 is 5.82 Å². The van der Waals surface area contributed by atoms with Gasteiger partial charge in [-0.2, -0.15) is 4.68 Å². The van der Waals surface area contributed by atoms with Crippen LogP contribution in [0.1, 0.15) is 5.69 Å². The zero-order valence-corrected chi connectivity index (χ0v) is 7.36. The van der Waals surface area contributed by atoms with E-state index < -0.39 is 0 Å². The Labute approximate surface area is 75.0 Å². The average molecular weight is 183 g/mol. The number of nitrogens with zero attached hydrogens (tertiary/aromatic N) is 3. The summed E-state index contributed by atoms with van der Waals surface area (Å²) in [7, 11) is 1.32. The van der Waals surface area contributed by atoms with Gasteiger partial charge in [0.2, 0.25) is 0 Å². The van der Waals surface area contributed by atoms with Gasteiger partial charge in [0.25, 0.3) is 0 Å². The van der Waals surface area contributed by atoms with Crippen LogP contribution in [0.25, 0.3) is 0 Å². The number of hydrogen-bond donors (Lipinski definition) is 1. The molecule has 2 rings (SSSR count). The number of rotatable bonds is 2. The Morgan fingerprint density at radius 1 is 1.77 bits per heavy atom. The molecule has 0 amide bonds. The minimum absolute atomic E-state index is 0.307. The first-order chi connectivity index (χ1) is 6.31. The van der Waals surface area contributed by atoms with E-state index in [1.807, 2.05) is 4.68 Å². The van der Waals surface area contributed by atoms with Gasteiger partial charge in [0.1, 0.15) is 7.11 Å². The van der Waals surface area contributed by atoms with Gasteiger partial charge in [-0.15, -0.1) is 0 Å². The lowest BCUT2D eigenvalue weighted by Crippen LogP contribution is -2.28. The minimum Gasteiger partial charge on any atom is -0.309 e. The van der Waals surface area contributed by atoms with Crippen molar-refractivity contribution in [2.24, 2.45) is 0 Å². The van der Waals surface area contributed by atoms with Gasteiger partial charge in [0, 0.05) is 13.1 Å². The molecule has 0 aromatic carbocycles. The van der Waals surface area contributed by atoms with Gasteiger partial charge in [-0.05, 0) is 4.91 Å². The van der Waals surface area contributed by atoms with Crippen molar-refractivity contribution in [1.29, 1.82) is 0 Å². The first kappa shape index (κ1) is 8.18. The van der Waals surface area contributed by atoms with Crippen LogP contribution < -0.4 is 5.32 Å². The summed E-state index contributed by atoms with van der Waals surface area (Å²) in [4.78, 5) is 15.9. The van der Waals surface area contributed by atoms with Crippen LogP contribution in [0.4, 0.5) is 5.82 Å². The molecule has 1 aromatic heterocycles. The van der Waals surface area contributed by atoms with Gasteiger partial charge in [-0.1, -0.05) is 0 Å². The number of fused-ring (bicyclic) bond motifs is 1. The van der Waals surface area contributed by atoms with E-state index in [0.717, 1.165) is 25.3 Å². The fraction of sp³-hybridized carbons (Fsp3) is 0.571. The van der Waals surface area contributed by atoms with E-state index in [0.29, 0.717) is 10.7 Å². The van der Waals surface area contributed by atoms with E-state index in [-0.39, 0.29) is 0 Å². The second kappa shape index (κ2) is 3.14. The highest BCUT2D eigenvalue weighted by atomic mass is 16.8. The molecular weight excluding hydrogens is 172 g/mol. The lowest BCUT2D eigenvalue weighted by Gasteiger charge is -2.09. The molecule has 1 aromatic rings. The summed E-state index contributed by atoms with van der Waals surface area (Å²) in [6.07, 6.45) is 0. The van der Waals surface area contributed by atoms with Crippen LogP contribution >= 0.6 is 0 Å². The molecule has 0 unspecified atom stereocenters. The maximum absolute atomic E-state index is 11.0. The Morgan fingerprint density at radius 2 is 2.62 bits per heavy atom. The van der Waals surface area contributed by atoms with Gasteiger partial charge in [-0.3, -0.25) is 0 Å². The highest BCUT2D eigenvalue weighted by Gasteiger charge is 2.23. The molecule has 13 heavy (non-hydrogen) atoms. The summed E-state index contributed by atoms with van der Waals surface area (Å²) < 4.78 is 1.82. The van der Waals surface area contributed by atoms with Crippen molar-refractivity contribution in [1.82, 2.24) is 15.1 Å². The summed E-state index contributed by atoms with van der Waals surface area (Å²) in [6.45, 7) is 2.44. The van der Waals surface area contributed by atoms with Crippen molar-refractivity contribution in [3.8, 4) is 0 Å². The zero-order chi connectivity index (χ0) is 9.26. The molecule has 1 aliphatic heterocycles. The monoisotopic (exact) mass is 183 g/mol. The van der Waals surface area contributed by atoms with E-state index in [4.69, 9.17) is 0 Å². The standard InChI is InChI=1S/C7H11N4O2/c1-13-11(12)7-4-6-5-8-2-3-10(6)9-7/h4,8H,2-3,5H2,1H3/q+1. The van der Waals surface area contributed by atoms with Gasteiger partial charge < -0.3 is 10.2 Å². The van der Waals surface area contributed by atoms with E-state index in [1.165, 1.54) is 7.11 Å². The number of hydrogen-bond acceptors (Lipinski definition) is 4. The maximum Gasteiger partial charge on any atom is 0.434 e. The van der Waals surface area contributed by atoms with E-state index in [1.54, 1.807) is 6.07 Å². The summed E-state index contributed by atoms with van der Waals surface area (Å²) in [5.74, 6) is 0.307. The second-order valence-electron chi connectivity index (χ2n) is 2.83. The first-order valence-electron chi connectivity index (χ1n) is 4.10. The maximum atomic E-state index is 11.0. The topological polar surface area (TPSA) is 59.2 Å². The summed E-state index contributed by atoms with van der Waals surface area (Å²) in [5.41, 5.74) is 1.01. The lowest BCUT2D eigenvalue weighted by atomic mass is 10.3. The molecule has 0 radical (unpaired) electrons. The first-order valence-corrected chi connectivity index (χ1v) is 4.10. The lowest BCUT2D eigenvalue weighted by molar-refractivity contribution is -0.739. The van der Waals surface area contributed by atoms with Gasteiger partial charge in [0.15, 0.2) is 4.92 Å². The van der Waals surface area contributed by atoms with Gasteiger partial charge in [-0.25, -0.2) is 0 Å². The molecule has 0 atom stereocenters. The van der Waals surface area contributed by atoms with Crippen LogP contribution in [0.2, 0.25) is 0 Å². The number of aromatic nitrogens is 2. The Bertz CT molecular complexity index is 310. The SMILES string of the molecule is CO[N+](=O)c1cc2n(n1)CCNC2. The third-order valence-electron chi connectivity index (χ3n) is 2.01. The summed E-state index contributed by atoms with van der Waals surface area (Å²) >= 11 is 0. The summed E-state index contributed by atoms with van der Waals surface area (Å²) in [5, 5.41) is 7.28. The molecule has 0 fully saturated rings.